The van der Waals surface area contributed by atoms with Gasteiger partial charge in [0.2, 0.25) is 0 Å². The Bertz CT molecular complexity index is 406. The molecule has 1 aliphatic heterocycles. The monoisotopic (exact) mass is 276 g/mol. The third-order valence-corrected chi connectivity index (χ3v) is 3.84. The second-order valence-corrected chi connectivity index (χ2v) is 6.23. The minimum atomic E-state index is 0.607. The third kappa shape index (κ3) is 4.50. The Morgan fingerprint density at radius 1 is 1.35 bits per heavy atom. The largest absolute Gasteiger partial charge is 0.493 e. The van der Waals surface area contributed by atoms with Gasteiger partial charge < -0.3 is 15.0 Å². The van der Waals surface area contributed by atoms with E-state index in [0.717, 1.165) is 50.9 Å². The van der Waals surface area contributed by atoms with Gasteiger partial charge in [0.1, 0.15) is 5.75 Å². The Kier molecular flexibility index (Phi) is 5.86. The number of rotatable bonds is 7. The molecule has 20 heavy (non-hydrogen) atoms. The Morgan fingerprint density at radius 2 is 2.15 bits per heavy atom. The van der Waals surface area contributed by atoms with Gasteiger partial charge in [-0.1, -0.05) is 32.0 Å². The van der Waals surface area contributed by atoms with Gasteiger partial charge in [-0.3, -0.25) is 0 Å². The Labute approximate surface area is 123 Å². The van der Waals surface area contributed by atoms with Crippen LogP contribution in [0.4, 0.5) is 0 Å². The molecule has 0 bridgehead atoms. The summed E-state index contributed by atoms with van der Waals surface area (Å²) in [5, 5.41) is 3.51. The van der Waals surface area contributed by atoms with E-state index < -0.39 is 0 Å². The molecule has 0 radical (unpaired) electrons. The number of hydrogen-bond donors (Lipinski definition) is 1. The van der Waals surface area contributed by atoms with E-state index in [9.17, 15) is 0 Å². The van der Waals surface area contributed by atoms with Crippen LogP contribution >= 0.6 is 0 Å². The topological polar surface area (TPSA) is 24.5 Å². The zero-order valence-electron chi connectivity index (χ0n) is 13.1. The van der Waals surface area contributed by atoms with Crippen LogP contribution in [0, 0.1) is 5.92 Å². The normalized spacial score (nSPS) is 18.1. The van der Waals surface area contributed by atoms with Crippen LogP contribution in [0.3, 0.4) is 0 Å². The molecule has 1 N–H and O–H groups in total. The summed E-state index contributed by atoms with van der Waals surface area (Å²) in [4.78, 5) is 2.43. The van der Waals surface area contributed by atoms with Crippen molar-refractivity contribution in [3.63, 3.8) is 0 Å². The van der Waals surface area contributed by atoms with Crippen LogP contribution in [-0.4, -0.2) is 44.7 Å². The first-order chi connectivity index (χ1) is 9.66. The van der Waals surface area contributed by atoms with E-state index in [0.29, 0.717) is 5.92 Å². The lowest BCUT2D eigenvalue weighted by Crippen LogP contribution is -2.34. The summed E-state index contributed by atoms with van der Waals surface area (Å²) in [5.74, 6) is 2.41. The molecule has 1 aromatic rings. The second-order valence-electron chi connectivity index (χ2n) is 6.23. The van der Waals surface area contributed by atoms with Crippen LogP contribution in [-0.2, 0) is 0 Å². The van der Waals surface area contributed by atoms with E-state index >= 15 is 0 Å². The number of benzene rings is 1. The number of nitrogens with zero attached hydrogens (tertiary/aromatic N) is 1. The summed E-state index contributed by atoms with van der Waals surface area (Å²) < 4.78 is 5.73. The first-order valence-electron chi connectivity index (χ1n) is 7.78. The van der Waals surface area contributed by atoms with Gasteiger partial charge >= 0.3 is 0 Å². The molecule has 2 rings (SSSR count). The van der Waals surface area contributed by atoms with Gasteiger partial charge in [0.15, 0.2) is 0 Å². The molecule has 1 aromatic carbocycles. The van der Waals surface area contributed by atoms with Crippen molar-refractivity contribution >= 4 is 0 Å². The standard InChI is InChI=1S/C17H28N2O/c1-14(2)12-18-9-10-19(3)13-15-8-11-20-17-7-5-4-6-16(15)17/h4-7,14-15,18H,8-13H2,1-3H3. The van der Waals surface area contributed by atoms with Gasteiger partial charge in [0.05, 0.1) is 6.61 Å². The molecular formula is C17H28N2O. The van der Waals surface area contributed by atoms with E-state index in [2.05, 4.69) is 55.4 Å². The molecule has 3 nitrogen and oxygen atoms in total. The van der Waals surface area contributed by atoms with Crippen molar-refractivity contribution in [1.82, 2.24) is 10.2 Å². The molecule has 0 saturated carbocycles. The predicted molar refractivity (Wildman–Crippen MR) is 84.5 cm³/mol. The summed E-state index contributed by atoms with van der Waals surface area (Å²) in [6.07, 6.45) is 1.13. The molecule has 3 heteroatoms. The van der Waals surface area contributed by atoms with E-state index in [1.54, 1.807) is 0 Å². The first-order valence-corrected chi connectivity index (χ1v) is 7.78. The highest BCUT2D eigenvalue weighted by Gasteiger charge is 2.21. The fourth-order valence-corrected chi connectivity index (χ4v) is 2.73. The highest BCUT2D eigenvalue weighted by molar-refractivity contribution is 5.37. The van der Waals surface area contributed by atoms with E-state index in [-0.39, 0.29) is 0 Å². The van der Waals surface area contributed by atoms with Crippen LogP contribution in [0.15, 0.2) is 24.3 Å². The van der Waals surface area contributed by atoms with Gasteiger partial charge in [-0.05, 0) is 37.6 Å². The Hall–Kier alpha value is -1.06. The highest BCUT2D eigenvalue weighted by atomic mass is 16.5. The minimum Gasteiger partial charge on any atom is -0.493 e. The lowest BCUT2D eigenvalue weighted by molar-refractivity contribution is 0.231. The van der Waals surface area contributed by atoms with Crippen molar-refractivity contribution in [3.05, 3.63) is 29.8 Å². The maximum atomic E-state index is 5.73. The van der Waals surface area contributed by atoms with Crippen LogP contribution in [0.2, 0.25) is 0 Å². The van der Waals surface area contributed by atoms with Crippen molar-refractivity contribution in [2.45, 2.75) is 26.2 Å². The van der Waals surface area contributed by atoms with Crippen molar-refractivity contribution in [1.29, 1.82) is 0 Å². The molecule has 112 valence electrons. The molecule has 0 saturated heterocycles. The summed E-state index contributed by atoms with van der Waals surface area (Å²) in [6.45, 7) is 9.73. The Morgan fingerprint density at radius 3 is 2.95 bits per heavy atom. The molecule has 1 aliphatic rings. The van der Waals surface area contributed by atoms with E-state index in [1.807, 2.05) is 0 Å². The number of fused-ring (bicyclic) bond motifs is 1. The Balaban J connectivity index is 1.79. The van der Waals surface area contributed by atoms with Crippen molar-refractivity contribution < 1.29 is 4.74 Å². The minimum absolute atomic E-state index is 0.607. The summed E-state index contributed by atoms with van der Waals surface area (Å²) in [7, 11) is 2.22. The van der Waals surface area contributed by atoms with Crippen LogP contribution in [0.25, 0.3) is 0 Å². The SMILES string of the molecule is CC(C)CNCCN(C)CC1CCOc2ccccc21. The lowest BCUT2D eigenvalue weighted by atomic mass is 9.93. The number of likely N-dealkylation sites (N-methyl/N-ethyl adjacent to an activating group) is 1. The molecule has 0 spiro atoms. The summed E-state index contributed by atoms with van der Waals surface area (Å²) in [6, 6.07) is 8.47. The number of nitrogens with one attached hydrogen (secondary N) is 1. The molecule has 1 atom stereocenters. The number of hydrogen-bond acceptors (Lipinski definition) is 3. The van der Waals surface area contributed by atoms with Gasteiger partial charge in [-0.2, -0.15) is 0 Å². The lowest BCUT2D eigenvalue weighted by Gasteiger charge is -2.29. The fourth-order valence-electron chi connectivity index (χ4n) is 2.73. The maximum Gasteiger partial charge on any atom is 0.122 e. The number of ether oxygens (including phenoxy) is 1. The zero-order valence-corrected chi connectivity index (χ0v) is 13.1. The van der Waals surface area contributed by atoms with Crippen LogP contribution in [0.5, 0.6) is 5.75 Å². The van der Waals surface area contributed by atoms with Gasteiger partial charge in [0.25, 0.3) is 0 Å². The van der Waals surface area contributed by atoms with Crippen molar-refractivity contribution in [2.75, 3.05) is 39.8 Å². The fraction of sp³-hybridized carbons (Fsp3) is 0.647. The highest BCUT2D eigenvalue weighted by Crippen LogP contribution is 2.33. The molecule has 0 amide bonds. The van der Waals surface area contributed by atoms with Gasteiger partial charge in [0, 0.05) is 25.6 Å². The zero-order chi connectivity index (χ0) is 14.4. The molecular weight excluding hydrogens is 248 g/mol. The summed E-state index contributed by atoms with van der Waals surface area (Å²) >= 11 is 0. The molecule has 0 aliphatic carbocycles. The average molecular weight is 276 g/mol. The molecule has 1 unspecified atom stereocenters. The quantitative estimate of drug-likeness (QED) is 0.775. The van der Waals surface area contributed by atoms with Crippen molar-refractivity contribution in [3.8, 4) is 5.75 Å². The van der Waals surface area contributed by atoms with Gasteiger partial charge in [-0.15, -0.1) is 0 Å². The first kappa shape index (κ1) is 15.3. The number of para-hydroxylation sites is 1. The smallest absolute Gasteiger partial charge is 0.122 e. The second kappa shape index (κ2) is 7.65. The molecule has 0 fully saturated rings. The van der Waals surface area contributed by atoms with Gasteiger partial charge in [-0.25, -0.2) is 0 Å². The molecule has 1 heterocycles. The maximum absolute atomic E-state index is 5.73. The summed E-state index contributed by atoms with van der Waals surface area (Å²) in [5.41, 5.74) is 1.38. The van der Waals surface area contributed by atoms with Crippen LogP contribution in [0.1, 0.15) is 31.7 Å². The third-order valence-electron chi connectivity index (χ3n) is 3.84. The van der Waals surface area contributed by atoms with Crippen molar-refractivity contribution in [2.24, 2.45) is 5.92 Å². The molecule has 0 aromatic heterocycles. The predicted octanol–water partition coefficient (Wildman–Crippen LogP) is 2.73. The average Bonchev–Trinajstić information content (AvgIpc) is 2.44. The van der Waals surface area contributed by atoms with E-state index in [4.69, 9.17) is 4.74 Å². The van der Waals surface area contributed by atoms with E-state index in [1.165, 1.54) is 5.56 Å². The van der Waals surface area contributed by atoms with Crippen LogP contribution < -0.4 is 10.1 Å².